The van der Waals surface area contributed by atoms with E-state index in [0.29, 0.717) is 0 Å². The molecular formula is C13H27NO. The first-order valence-electron chi connectivity index (χ1n) is 6.49. The fraction of sp³-hybridized carbons (Fsp3) is 0.923. The van der Waals surface area contributed by atoms with Gasteiger partial charge in [0, 0.05) is 20.0 Å². The van der Waals surface area contributed by atoms with E-state index >= 15 is 0 Å². The van der Waals surface area contributed by atoms with Crippen LogP contribution in [0.5, 0.6) is 0 Å². The first-order chi connectivity index (χ1) is 7.24. The van der Waals surface area contributed by atoms with Crippen LogP contribution in [0.1, 0.15) is 59.8 Å². The lowest BCUT2D eigenvalue weighted by molar-refractivity contribution is -0.130. The third kappa shape index (κ3) is 5.81. The Morgan fingerprint density at radius 2 is 1.80 bits per heavy atom. The van der Waals surface area contributed by atoms with Crippen LogP contribution >= 0.6 is 0 Å². The lowest BCUT2D eigenvalue weighted by atomic mass is 9.92. The van der Waals surface area contributed by atoms with Gasteiger partial charge in [-0.05, 0) is 18.8 Å². The molecule has 0 radical (unpaired) electrons. The van der Waals surface area contributed by atoms with Gasteiger partial charge in [0.1, 0.15) is 0 Å². The van der Waals surface area contributed by atoms with Crippen LogP contribution in [0.15, 0.2) is 0 Å². The van der Waals surface area contributed by atoms with Crippen LogP contribution in [0.4, 0.5) is 0 Å². The molecule has 0 saturated carbocycles. The quantitative estimate of drug-likeness (QED) is 0.703. The summed E-state index contributed by atoms with van der Waals surface area (Å²) >= 11 is 0. The Labute approximate surface area is 95.0 Å². The molecule has 0 spiro atoms. The summed E-state index contributed by atoms with van der Waals surface area (Å²) < 4.78 is 0. The van der Waals surface area contributed by atoms with Crippen LogP contribution in [0.3, 0.4) is 0 Å². The largest absolute Gasteiger partial charge is 0.343 e. The first-order valence-corrected chi connectivity index (χ1v) is 6.49. The zero-order valence-corrected chi connectivity index (χ0v) is 10.9. The summed E-state index contributed by atoms with van der Waals surface area (Å²) in [4.78, 5) is 13.0. The highest BCUT2D eigenvalue weighted by Gasteiger charge is 2.19. The van der Waals surface area contributed by atoms with E-state index < -0.39 is 0 Å². The topological polar surface area (TPSA) is 20.3 Å². The van der Waals surface area contributed by atoms with E-state index in [4.69, 9.17) is 0 Å². The standard InChI is InChI=1S/C11H21NO.C2H6/c1-3-4-5-11-6-8-12(9-7-11)10(2)13;1-2/h11H,3-9H2,1-2H3;1-2H3. The van der Waals surface area contributed by atoms with Gasteiger partial charge in [0.05, 0.1) is 0 Å². The Balaban J connectivity index is 0.000000921. The van der Waals surface area contributed by atoms with Crippen molar-refractivity contribution in [3.63, 3.8) is 0 Å². The molecular weight excluding hydrogens is 186 g/mol. The van der Waals surface area contributed by atoms with Crippen molar-refractivity contribution in [1.82, 2.24) is 4.90 Å². The average molecular weight is 213 g/mol. The van der Waals surface area contributed by atoms with Crippen molar-refractivity contribution in [2.24, 2.45) is 5.92 Å². The van der Waals surface area contributed by atoms with Crippen molar-refractivity contribution < 1.29 is 4.79 Å². The Hall–Kier alpha value is -0.530. The van der Waals surface area contributed by atoms with Gasteiger partial charge in [-0.1, -0.05) is 40.0 Å². The number of likely N-dealkylation sites (tertiary alicyclic amines) is 1. The lowest BCUT2D eigenvalue weighted by Gasteiger charge is -2.31. The number of rotatable bonds is 3. The molecule has 0 aromatic carbocycles. The predicted molar refractivity (Wildman–Crippen MR) is 65.9 cm³/mol. The molecule has 0 unspecified atom stereocenters. The van der Waals surface area contributed by atoms with E-state index in [1.165, 1.54) is 32.1 Å². The summed E-state index contributed by atoms with van der Waals surface area (Å²) in [6.07, 6.45) is 6.46. The van der Waals surface area contributed by atoms with Gasteiger partial charge in [0.2, 0.25) is 5.91 Å². The molecule has 0 aromatic rings. The Bertz CT molecular complexity index is 160. The number of hydrogen-bond acceptors (Lipinski definition) is 1. The van der Waals surface area contributed by atoms with Gasteiger partial charge >= 0.3 is 0 Å². The fourth-order valence-electron chi connectivity index (χ4n) is 2.03. The molecule has 1 rings (SSSR count). The van der Waals surface area contributed by atoms with Crippen molar-refractivity contribution in [1.29, 1.82) is 0 Å². The molecule has 0 aliphatic carbocycles. The van der Waals surface area contributed by atoms with Gasteiger partial charge in [-0.2, -0.15) is 0 Å². The molecule has 15 heavy (non-hydrogen) atoms. The van der Waals surface area contributed by atoms with Gasteiger partial charge in [-0.3, -0.25) is 4.79 Å². The second-order valence-corrected chi connectivity index (χ2v) is 4.09. The van der Waals surface area contributed by atoms with Crippen LogP contribution in [0.2, 0.25) is 0 Å². The molecule has 1 fully saturated rings. The highest BCUT2D eigenvalue weighted by atomic mass is 16.2. The third-order valence-corrected chi connectivity index (χ3v) is 3.03. The Morgan fingerprint density at radius 1 is 1.27 bits per heavy atom. The van der Waals surface area contributed by atoms with E-state index in [9.17, 15) is 4.79 Å². The van der Waals surface area contributed by atoms with Gasteiger partial charge in [-0.25, -0.2) is 0 Å². The maximum atomic E-state index is 11.0. The zero-order chi connectivity index (χ0) is 11.7. The van der Waals surface area contributed by atoms with Crippen LogP contribution in [-0.4, -0.2) is 23.9 Å². The number of hydrogen-bond donors (Lipinski definition) is 0. The van der Waals surface area contributed by atoms with Gasteiger partial charge in [0.15, 0.2) is 0 Å². The van der Waals surface area contributed by atoms with Crippen LogP contribution in [-0.2, 0) is 4.79 Å². The van der Waals surface area contributed by atoms with Gasteiger partial charge < -0.3 is 4.90 Å². The first kappa shape index (κ1) is 14.5. The summed E-state index contributed by atoms with van der Waals surface area (Å²) in [6, 6.07) is 0. The monoisotopic (exact) mass is 213 g/mol. The summed E-state index contributed by atoms with van der Waals surface area (Å²) in [6.45, 7) is 9.89. The Kier molecular flexibility index (Phi) is 8.44. The maximum Gasteiger partial charge on any atom is 0.219 e. The van der Waals surface area contributed by atoms with Crippen molar-refractivity contribution in [3.05, 3.63) is 0 Å². The predicted octanol–water partition coefficient (Wildman–Crippen LogP) is 3.46. The summed E-state index contributed by atoms with van der Waals surface area (Å²) in [5.74, 6) is 1.13. The molecule has 1 aliphatic rings. The molecule has 1 amide bonds. The van der Waals surface area contributed by atoms with E-state index in [1.807, 2.05) is 18.7 Å². The third-order valence-electron chi connectivity index (χ3n) is 3.03. The molecule has 2 heteroatoms. The van der Waals surface area contributed by atoms with Crippen molar-refractivity contribution >= 4 is 5.91 Å². The van der Waals surface area contributed by atoms with Crippen molar-refractivity contribution in [3.8, 4) is 0 Å². The minimum Gasteiger partial charge on any atom is -0.343 e. The molecule has 0 bridgehead atoms. The molecule has 2 nitrogen and oxygen atoms in total. The summed E-state index contributed by atoms with van der Waals surface area (Å²) in [5, 5.41) is 0. The number of carbonyl (C=O) groups is 1. The second kappa shape index (κ2) is 8.75. The molecule has 0 atom stereocenters. The SMILES string of the molecule is CC.CCCCC1CCN(C(C)=O)CC1. The molecule has 1 saturated heterocycles. The van der Waals surface area contributed by atoms with Crippen LogP contribution in [0.25, 0.3) is 0 Å². The number of nitrogens with zero attached hydrogens (tertiary/aromatic N) is 1. The highest BCUT2D eigenvalue weighted by molar-refractivity contribution is 5.73. The van der Waals surface area contributed by atoms with E-state index in [2.05, 4.69) is 6.92 Å². The number of carbonyl (C=O) groups excluding carboxylic acids is 1. The van der Waals surface area contributed by atoms with Gasteiger partial charge in [0.25, 0.3) is 0 Å². The fourth-order valence-corrected chi connectivity index (χ4v) is 2.03. The van der Waals surface area contributed by atoms with Crippen LogP contribution in [0, 0.1) is 5.92 Å². The molecule has 1 aliphatic heterocycles. The Morgan fingerprint density at radius 3 is 2.20 bits per heavy atom. The molecule has 90 valence electrons. The van der Waals surface area contributed by atoms with Crippen molar-refractivity contribution in [2.75, 3.05) is 13.1 Å². The minimum atomic E-state index is 0.244. The normalized spacial score (nSPS) is 16.9. The molecule has 0 N–H and O–H groups in total. The zero-order valence-electron chi connectivity index (χ0n) is 10.9. The highest BCUT2D eigenvalue weighted by Crippen LogP contribution is 2.22. The van der Waals surface area contributed by atoms with E-state index in [0.717, 1.165) is 19.0 Å². The van der Waals surface area contributed by atoms with E-state index in [1.54, 1.807) is 6.92 Å². The van der Waals surface area contributed by atoms with Gasteiger partial charge in [-0.15, -0.1) is 0 Å². The summed E-state index contributed by atoms with van der Waals surface area (Å²) in [5.41, 5.74) is 0. The summed E-state index contributed by atoms with van der Waals surface area (Å²) in [7, 11) is 0. The molecule has 1 heterocycles. The lowest BCUT2D eigenvalue weighted by Crippen LogP contribution is -2.36. The average Bonchev–Trinajstić information content (AvgIpc) is 2.29. The van der Waals surface area contributed by atoms with E-state index in [-0.39, 0.29) is 5.91 Å². The van der Waals surface area contributed by atoms with Crippen LogP contribution < -0.4 is 0 Å². The maximum absolute atomic E-state index is 11.0. The number of amides is 1. The minimum absolute atomic E-state index is 0.244. The number of piperidine rings is 1. The second-order valence-electron chi connectivity index (χ2n) is 4.09. The smallest absolute Gasteiger partial charge is 0.219 e. The number of unbranched alkanes of at least 4 members (excludes halogenated alkanes) is 1. The molecule has 0 aromatic heterocycles. The van der Waals surface area contributed by atoms with Crippen molar-refractivity contribution in [2.45, 2.75) is 59.8 Å².